The third kappa shape index (κ3) is 4.41. The molecule has 0 saturated carbocycles. The number of ether oxygens (including phenoxy) is 1. The van der Waals surface area contributed by atoms with Crippen LogP contribution in [0.3, 0.4) is 0 Å². The number of carboxylic acids is 1. The van der Waals surface area contributed by atoms with E-state index in [0.717, 1.165) is 5.56 Å². The van der Waals surface area contributed by atoms with Crippen molar-refractivity contribution < 1.29 is 23.8 Å². The summed E-state index contributed by atoms with van der Waals surface area (Å²) >= 11 is 1.19. The van der Waals surface area contributed by atoms with E-state index >= 15 is 0 Å². The molecule has 1 aliphatic rings. The summed E-state index contributed by atoms with van der Waals surface area (Å²) in [6.07, 6.45) is 1.61. The highest BCUT2D eigenvalue weighted by molar-refractivity contribution is 7.07. The number of aromatic nitrogens is 1. The zero-order chi connectivity index (χ0) is 27.0. The number of aromatic carboxylic acids is 1. The van der Waals surface area contributed by atoms with Gasteiger partial charge in [-0.25, -0.2) is 14.6 Å². The minimum absolute atomic E-state index is 0.164. The van der Waals surface area contributed by atoms with Crippen LogP contribution in [0.5, 0.6) is 0 Å². The van der Waals surface area contributed by atoms with E-state index in [9.17, 15) is 19.5 Å². The topological polar surface area (TPSA) is 111 Å². The standard InChI is InChI=1S/C29H24N2O6S/c1-4-36-28(35)24-17(3)30-29-31(25(24)18-10-6-5-7-11-18)26(32)22(38-29)15-19-13-14-21(37-19)20-12-8-9-16(2)23(20)27(33)34/h5-15,25H,4H2,1-3H3,(H,33,34)/b22-15+/t25-/m1/s1. The highest BCUT2D eigenvalue weighted by Crippen LogP contribution is 2.31. The molecule has 8 nitrogen and oxygen atoms in total. The molecule has 0 radical (unpaired) electrons. The van der Waals surface area contributed by atoms with Gasteiger partial charge < -0.3 is 14.3 Å². The SMILES string of the molecule is CCOC(=O)C1=C(C)N=c2s/c(=C/c3ccc(-c4cccc(C)c4C(=O)O)o3)c(=O)n2[C@@H]1c1ccccc1. The van der Waals surface area contributed by atoms with Crippen LogP contribution in [0.25, 0.3) is 17.4 Å². The number of hydrogen-bond donors (Lipinski definition) is 1. The molecule has 192 valence electrons. The van der Waals surface area contributed by atoms with Gasteiger partial charge in [0, 0.05) is 11.6 Å². The zero-order valence-corrected chi connectivity index (χ0v) is 21.7. The lowest BCUT2D eigenvalue weighted by molar-refractivity contribution is -0.139. The van der Waals surface area contributed by atoms with Crippen LogP contribution in [0, 0.1) is 6.92 Å². The fourth-order valence-electron chi connectivity index (χ4n) is 4.60. The van der Waals surface area contributed by atoms with Gasteiger partial charge in [0.25, 0.3) is 5.56 Å². The van der Waals surface area contributed by atoms with Crippen LogP contribution in [0.2, 0.25) is 0 Å². The average Bonchev–Trinajstić information content (AvgIpc) is 3.48. The van der Waals surface area contributed by atoms with Gasteiger partial charge in [0.05, 0.1) is 34.0 Å². The van der Waals surface area contributed by atoms with E-state index < -0.39 is 18.0 Å². The molecule has 0 bridgehead atoms. The number of carboxylic acid groups (broad SMARTS) is 1. The highest BCUT2D eigenvalue weighted by Gasteiger charge is 2.33. The summed E-state index contributed by atoms with van der Waals surface area (Å²) in [4.78, 5) is 43.5. The average molecular weight is 529 g/mol. The van der Waals surface area contributed by atoms with Crippen LogP contribution in [-0.4, -0.2) is 28.2 Å². The van der Waals surface area contributed by atoms with Crippen LogP contribution in [0.1, 0.15) is 47.1 Å². The number of thiazole rings is 1. The Kier molecular flexibility index (Phi) is 6.69. The first-order chi connectivity index (χ1) is 18.3. The van der Waals surface area contributed by atoms with E-state index in [0.29, 0.717) is 43.3 Å². The molecule has 0 saturated heterocycles. The lowest BCUT2D eigenvalue weighted by atomic mass is 9.96. The Labute approximate surface area is 221 Å². The van der Waals surface area contributed by atoms with Gasteiger partial charge >= 0.3 is 11.9 Å². The van der Waals surface area contributed by atoms with Gasteiger partial charge in [-0.1, -0.05) is 59.9 Å². The van der Waals surface area contributed by atoms with Crippen molar-refractivity contribution in [2.75, 3.05) is 6.61 Å². The second kappa shape index (κ2) is 10.1. The summed E-state index contributed by atoms with van der Waals surface area (Å²) in [6, 6.07) is 17.2. The molecule has 4 aromatic rings. The smallest absolute Gasteiger partial charge is 0.338 e. The van der Waals surface area contributed by atoms with Crippen molar-refractivity contribution in [1.29, 1.82) is 0 Å². The predicted octanol–water partition coefficient (Wildman–Crippen LogP) is 4.06. The Hall–Kier alpha value is -4.50. The van der Waals surface area contributed by atoms with Crippen molar-refractivity contribution in [3.05, 3.63) is 114 Å². The van der Waals surface area contributed by atoms with Crippen LogP contribution in [-0.2, 0) is 9.53 Å². The molecule has 1 atom stereocenters. The van der Waals surface area contributed by atoms with Gasteiger partial charge in [0.1, 0.15) is 11.5 Å². The molecular formula is C29H24N2O6S. The van der Waals surface area contributed by atoms with E-state index in [-0.39, 0.29) is 17.7 Å². The van der Waals surface area contributed by atoms with E-state index in [2.05, 4.69) is 4.99 Å². The van der Waals surface area contributed by atoms with E-state index in [4.69, 9.17) is 9.15 Å². The first-order valence-corrected chi connectivity index (χ1v) is 12.8. The maximum atomic E-state index is 13.7. The molecule has 1 aliphatic heterocycles. The summed E-state index contributed by atoms with van der Waals surface area (Å²) in [5, 5.41) is 9.67. The summed E-state index contributed by atoms with van der Waals surface area (Å²) in [5.41, 5.74) is 2.49. The Balaban J connectivity index is 1.64. The maximum absolute atomic E-state index is 13.7. The molecular weight excluding hydrogens is 504 g/mol. The van der Waals surface area contributed by atoms with Crippen LogP contribution in [0.4, 0.5) is 0 Å². The molecule has 2 aromatic carbocycles. The second-order valence-electron chi connectivity index (χ2n) is 8.72. The number of carbonyl (C=O) groups excluding carboxylic acids is 1. The molecule has 0 unspecified atom stereocenters. The number of aryl methyl sites for hydroxylation is 1. The number of furan rings is 1. The minimum atomic E-state index is -1.04. The van der Waals surface area contributed by atoms with Crippen molar-refractivity contribution in [2.45, 2.75) is 26.8 Å². The Morgan fingerprint density at radius 3 is 2.58 bits per heavy atom. The van der Waals surface area contributed by atoms with Gasteiger partial charge in [-0.15, -0.1) is 0 Å². The monoisotopic (exact) mass is 528 g/mol. The van der Waals surface area contributed by atoms with Gasteiger partial charge in [-0.05, 0) is 44.0 Å². The van der Waals surface area contributed by atoms with Gasteiger partial charge in [-0.2, -0.15) is 0 Å². The first kappa shape index (κ1) is 25.2. The van der Waals surface area contributed by atoms with E-state index in [1.54, 1.807) is 57.2 Å². The number of carbonyl (C=O) groups is 2. The zero-order valence-electron chi connectivity index (χ0n) is 20.9. The number of benzene rings is 2. The third-order valence-corrected chi connectivity index (χ3v) is 7.27. The number of rotatable bonds is 6. The molecule has 0 fully saturated rings. The summed E-state index contributed by atoms with van der Waals surface area (Å²) in [5.74, 6) is -0.786. The molecule has 9 heteroatoms. The molecule has 0 aliphatic carbocycles. The third-order valence-electron chi connectivity index (χ3n) is 6.28. The van der Waals surface area contributed by atoms with Crippen LogP contribution < -0.4 is 14.9 Å². The van der Waals surface area contributed by atoms with Crippen molar-refractivity contribution >= 4 is 29.4 Å². The Bertz CT molecular complexity index is 1780. The van der Waals surface area contributed by atoms with Crippen molar-refractivity contribution in [1.82, 2.24) is 4.57 Å². The number of hydrogen-bond acceptors (Lipinski definition) is 7. The summed E-state index contributed by atoms with van der Waals surface area (Å²) in [7, 11) is 0. The molecule has 3 heterocycles. The number of nitrogens with zero attached hydrogens (tertiary/aromatic N) is 2. The van der Waals surface area contributed by atoms with Crippen LogP contribution >= 0.6 is 11.3 Å². The van der Waals surface area contributed by atoms with E-state index in [1.165, 1.54) is 15.9 Å². The largest absolute Gasteiger partial charge is 0.478 e. The molecule has 2 aromatic heterocycles. The van der Waals surface area contributed by atoms with Crippen molar-refractivity contribution in [2.24, 2.45) is 4.99 Å². The normalized spacial score (nSPS) is 15.2. The fourth-order valence-corrected chi connectivity index (χ4v) is 5.63. The predicted molar refractivity (Wildman–Crippen MR) is 143 cm³/mol. The second-order valence-corrected chi connectivity index (χ2v) is 9.73. The summed E-state index contributed by atoms with van der Waals surface area (Å²) in [6.45, 7) is 5.40. The highest BCUT2D eigenvalue weighted by atomic mass is 32.1. The fraction of sp³-hybridized carbons (Fsp3) is 0.172. The summed E-state index contributed by atoms with van der Waals surface area (Å²) < 4.78 is 13.1. The lowest BCUT2D eigenvalue weighted by Crippen LogP contribution is -2.39. The van der Waals surface area contributed by atoms with Gasteiger partial charge in [-0.3, -0.25) is 9.36 Å². The number of fused-ring (bicyclic) bond motifs is 1. The van der Waals surface area contributed by atoms with Crippen molar-refractivity contribution in [3.63, 3.8) is 0 Å². The van der Waals surface area contributed by atoms with Crippen LogP contribution in [0.15, 0.2) is 86.1 Å². The minimum Gasteiger partial charge on any atom is -0.478 e. The quantitative estimate of drug-likeness (QED) is 0.378. The number of esters is 1. The maximum Gasteiger partial charge on any atom is 0.338 e. The van der Waals surface area contributed by atoms with E-state index in [1.807, 2.05) is 30.3 Å². The molecule has 0 spiro atoms. The van der Waals surface area contributed by atoms with Gasteiger partial charge in [0.15, 0.2) is 4.80 Å². The van der Waals surface area contributed by atoms with Crippen molar-refractivity contribution in [3.8, 4) is 11.3 Å². The molecule has 0 amide bonds. The molecule has 1 N–H and O–H groups in total. The Morgan fingerprint density at radius 2 is 1.87 bits per heavy atom. The Morgan fingerprint density at radius 1 is 1.11 bits per heavy atom. The first-order valence-electron chi connectivity index (χ1n) is 12.0. The molecule has 38 heavy (non-hydrogen) atoms. The van der Waals surface area contributed by atoms with Gasteiger partial charge in [0.2, 0.25) is 0 Å². The molecule has 5 rings (SSSR count). The lowest BCUT2D eigenvalue weighted by Gasteiger charge is -2.24. The number of allylic oxidation sites excluding steroid dienone is 1.